The highest BCUT2D eigenvalue weighted by Crippen LogP contribution is 2.07. The molecule has 0 saturated carbocycles. The quantitative estimate of drug-likeness (QED) is 0.454. The van der Waals surface area contributed by atoms with Gasteiger partial charge in [0.15, 0.2) is 0 Å². The van der Waals surface area contributed by atoms with Crippen LogP contribution in [0.5, 0.6) is 0 Å². The molecule has 0 bridgehead atoms. The molecule has 1 rings (SSSR count). The van der Waals surface area contributed by atoms with Gasteiger partial charge < -0.3 is 10.5 Å². The number of rotatable bonds is 6. The fourth-order valence-corrected chi connectivity index (χ4v) is 1.37. The summed E-state index contributed by atoms with van der Waals surface area (Å²) in [5.74, 6) is -0.120. The topological polar surface area (TPSA) is 52.3 Å². The Balaban J connectivity index is 2.23. The summed E-state index contributed by atoms with van der Waals surface area (Å²) in [5.41, 5.74) is 7.25. The first-order chi connectivity index (χ1) is 7.72. The smallest absolute Gasteiger partial charge is 0.260 e. The van der Waals surface area contributed by atoms with Crippen LogP contribution in [0.1, 0.15) is 25.3 Å². The predicted molar refractivity (Wildman–Crippen MR) is 67.9 cm³/mol. The lowest BCUT2D eigenvalue weighted by atomic mass is 9.73. The van der Waals surface area contributed by atoms with E-state index in [1.54, 1.807) is 12.1 Å². The van der Waals surface area contributed by atoms with Gasteiger partial charge in [-0.15, -0.1) is 0 Å². The van der Waals surface area contributed by atoms with Crippen LogP contribution in [-0.4, -0.2) is 13.1 Å². The Morgan fingerprint density at radius 2 is 2.06 bits per heavy atom. The van der Waals surface area contributed by atoms with Gasteiger partial charge in [-0.25, -0.2) is 0 Å². The maximum absolute atomic E-state index is 11.3. The molecule has 0 spiro atoms. The van der Waals surface area contributed by atoms with Crippen LogP contribution in [-0.2, 0) is 11.3 Å². The van der Waals surface area contributed by atoms with Crippen molar-refractivity contribution in [2.24, 2.45) is 0 Å². The molecule has 2 N–H and O–H groups in total. The lowest BCUT2D eigenvalue weighted by molar-refractivity contribution is 0.166. The Kier molecular flexibility index (Phi) is 5.47. The zero-order valence-electron chi connectivity index (χ0n) is 9.74. The van der Waals surface area contributed by atoms with Crippen LogP contribution in [0.15, 0.2) is 24.3 Å². The lowest BCUT2D eigenvalue weighted by Crippen LogP contribution is -2.10. The predicted octanol–water partition coefficient (Wildman–Crippen LogP) is 2.56. The van der Waals surface area contributed by atoms with Gasteiger partial charge >= 0.3 is 0 Å². The van der Waals surface area contributed by atoms with E-state index < -0.39 is 0 Å². The Labute approximate surface area is 97.2 Å². The SMILES string of the molecule is CCCCBC(=O)OCc1ccc(N)cc1. The second-order valence-corrected chi connectivity index (χ2v) is 3.86. The van der Waals surface area contributed by atoms with E-state index in [2.05, 4.69) is 6.92 Å². The van der Waals surface area contributed by atoms with Gasteiger partial charge in [-0.1, -0.05) is 38.2 Å². The molecule has 0 aliphatic heterocycles. The van der Waals surface area contributed by atoms with Crippen molar-refractivity contribution in [3.63, 3.8) is 0 Å². The average molecular weight is 219 g/mol. The second kappa shape index (κ2) is 6.93. The summed E-state index contributed by atoms with van der Waals surface area (Å²) < 4.78 is 5.13. The van der Waals surface area contributed by atoms with Crippen molar-refractivity contribution in [3.8, 4) is 0 Å². The van der Waals surface area contributed by atoms with Gasteiger partial charge in [0, 0.05) is 5.69 Å². The van der Waals surface area contributed by atoms with Crippen molar-refractivity contribution >= 4 is 18.8 Å². The number of unbranched alkanes of at least 4 members (excludes halogenated alkanes) is 1. The highest BCUT2D eigenvalue weighted by molar-refractivity contribution is 6.71. The molecule has 0 heterocycles. The van der Waals surface area contributed by atoms with Crippen LogP contribution in [0.2, 0.25) is 6.32 Å². The monoisotopic (exact) mass is 219 g/mol. The van der Waals surface area contributed by atoms with E-state index in [0.29, 0.717) is 13.9 Å². The zero-order chi connectivity index (χ0) is 11.8. The van der Waals surface area contributed by atoms with Gasteiger partial charge in [-0.05, 0) is 17.7 Å². The highest BCUT2D eigenvalue weighted by Gasteiger charge is 2.04. The minimum Gasteiger partial charge on any atom is -0.469 e. The standard InChI is InChI=1S/C12H18BNO2/c1-2-3-8-13-12(15)16-9-10-4-6-11(14)7-5-10/h4-7,13H,2-3,8-9,14H2,1H3. The van der Waals surface area contributed by atoms with Crippen LogP contribution < -0.4 is 5.73 Å². The molecule has 1 aromatic carbocycles. The zero-order valence-corrected chi connectivity index (χ0v) is 9.74. The van der Waals surface area contributed by atoms with E-state index in [1.165, 1.54) is 0 Å². The lowest BCUT2D eigenvalue weighted by Gasteiger charge is -2.04. The number of hydrogen-bond donors (Lipinski definition) is 1. The van der Waals surface area contributed by atoms with E-state index in [1.807, 2.05) is 12.1 Å². The summed E-state index contributed by atoms with van der Waals surface area (Å²) in [7, 11) is 0.517. The molecule has 0 fully saturated rings. The van der Waals surface area contributed by atoms with Crippen LogP contribution in [0.25, 0.3) is 0 Å². The Morgan fingerprint density at radius 1 is 1.38 bits per heavy atom. The molecule has 0 saturated heterocycles. The molecule has 0 aliphatic carbocycles. The minimum absolute atomic E-state index is 0.120. The number of carbonyl (C=O) groups is 1. The van der Waals surface area contributed by atoms with E-state index in [0.717, 1.165) is 30.4 Å². The van der Waals surface area contributed by atoms with Crippen LogP contribution in [0.3, 0.4) is 0 Å². The van der Waals surface area contributed by atoms with Crippen LogP contribution in [0, 0.1) is 0 Å². The van der Waals surface area contributed by atoms with Crippen LogP contribution >= 0.6 is 0 Å². The number of nitrogens with two attached hydrogens (primary N) is 1. The van der Waals surface area contributed by atoms with Crippen molar-refractivity contribution in [2.75, 3.05) is 5.73 Å². The largest absolute Gasteiger partial charge is 0.469 e. The first kappa shape index (κ1) is 12.6. The highest BCUT2D eigenvalue weighted by atomic mass is 16.5. The van der Waals surface area contributed by atoms with Crippen molar-refractivity contribution < 1.29 is 9.53 Å². The van der Waals surface area contributed by atoms with Crippen molar-refractivity contribution in [1.82, 2.24) is 0 Å². The molecule has 0 radical (unpaired) electrons. The minimum atomic E-state index is -0.120. The molecule has 1 aromatic rings. The van der Waals surface area contributed by atoms with Gasteiger partial charge in [0.1, 0.15) is 6.61 Å². The van der Waals surface area contributed by atoms with E-state index in [4.69, 9.17) is 10.5 Å². The molecule has 3 nitrogen and oxygen atoms in total. The molecule has 0 aromatic heterocycles. The molecule has 0 atom stereocenters. The van der Waals surface area contributed by atoms with Crippen molar-refractivity contribution in [2.45, 2.75) is 32.7 Å². The van der Waals surface area contributed by atoms with Crippen molar-refractivity contribution in [3.05, 3.63) is 29.8 Å². The van der Waals surface area contributed by atoms with Gasteiger partial charge in [0.05, 0.1) is 0 Å². The van der Waals surface area contributed by atoms with E-state index >= 15 is 0 Å². The molecule has 0 amide bonds. The van der Waals surface area contributed by atoms with E-state index in [-0.39, 0.29) is 5.87 Å². The van der Waals surface area contributed by atoms with Gasteiger partial charge in [-0.2, -0.15) is 0 Å². The molecule has 0 aliphatic rings. The van der Waals surface area contributed by atoms with E-state index in [9.17, 15) is 4.79 Å². The maximum atomic E-state index is 11.3. The summed E-state index contributed by atoms with van der Waals surface area (Å²) in [5, 5.41) is 0. The number of hydrogen-bond acceptors (Lipinski definition) is 3. The Hall–Kier alpha value is -1.45. The number of anilines is 1. The number of nitrogen functional groups attached to an aromatic ring is 1. The summed E-state index contributed by atoms with van der Waals surface area (Å²) in [6.45, 7) is 2.45. The van der Waals surface area contributed by atoms with Gasteiger partial charge in [0.2, 0.25) is 5.87 Å². The third-order valence-electron chi connectivity index (χ3n) is 2.36. The van der Waals surface area contributed by atoms with Gasteiger partial charge in [-0.3, -0.25) is 4.79 Å². The summed E-state index contributed by atoms with van der Waals surface area (Å²) in [6, 6.07) is 7.35. The maximum Gasteiger partial charge on any atom is 0.260 e. The molecule has 4 heteroatoms. The fraction of sp³-hybridized carbons (Fsp3) is 0.417. The molecular formula is C12H18BNO2. The number of ether oxygens (including phenoxy) is 1. The molecule has 16 heavy (non-hydrogen) atoms. The third-order valence-corrected chi connectivity index (χ3v) is 2.36. The average Bonchev–Trinajstić information content (AvgIpc) is 2.29. The first-order valence-corrected chi connectivity index (χ1v) is 5.72. The summed E-state index contributed by atoms with van der Waals surface area (Å²) >= 11 is 0. The Bertz CT molecular complexity index is 324. The van der Waals surface area contributed by atoms with Crippen LogP contribution in [0.4, 0.5) is 10.5 Å². The second-order valence-electron chi connectivity index (χ2n) is 3.86. The number of carbonyl (C=O) groups excluding carboxylic acids is 1. The van der Waals surface area contributed by atoms with Gasteiger partial charge in [0.25, 0.3) is 7.28 Å². The normalized spacial score (nSPS) is 9.81. The summed E-state index contributed by atoms with van der Waals surface area (Å²) in [6.07, 6.45) is 3.11. The molecule has 0 unspecified atom stereocenters. The molecular weight excluding hydrogens is 201 g/mol. The first-order valence-electron chi connectivity index (χ1n) is 5.72. The Morgan fingerprint density at radius 3 is 2.69 bits per heavy atom. The molecule has 86 valence electrons. The number of benzene rings is 1. The summed E-state index contributed by atoms with van der Waals surface area (Å²) in [4.78, 5) is 11.3. The van der Waals surface area contributed by atoms with Crippen molar-refractivity contribution in [1.29, 1.82) is 0 Å². The fourth-order valence-electron chi connectivity index (χ4n) is 1.37. The third kappa shape index (κ3) is 4.87.